The number of carbonyl (C=O) groups excluding carboxylic acids is 1. The van der Waals surface area contributed by atoms with E-state index in [1.165, 1.54) is 17.1 Å². The Morgan fingerprint density at radius 2 is 2.05 bits per heavy atom. The highest BCUT2D eigenvalue weighted by molar-refractivity contribution is 6.02. The summed E-state index contributed by atoms with van der Waals surface area (Å²) >= 11 is 0. The molecule has 0 aliphatic rings. The average Bonchev–Trinajstić information content (AvgIpc) is 2.94. The first-order valence-electron chi connectivity index (χ1n) is 6.33. The molecule has 0 N–H and O–H groups in total. The SMILES string of the molecule is Cn1cc(C(=O)[C@H](C#N)c2cnc3ccccc3n2)cn1. The molecular formula is C15H11N5O. The van der Waals surface area contributed by atoms with Crippen molar-refractivity contribution in [3.8, 4) is 6.07 Å². The summed E-state index contributed by atoms with van der Waals surface area (Å²) < 4.78 is 1.52. The average molecular weight is 277 g/mol. The lowest BCUT2D eigenvalue weighted by molar-refractivity contribution is 0.0977. The molecule has 0 bridgehead atoms. The highest BCUT2D eigenvalue weighted by Gasteiger charge is 2.24. The van der Waals surface area contributed by atoms with Crippen LogP contribution in [0.25, 0.3) is 11.0 Å². The van der Waals surface area contributed by atoms with Gasteiger partial charge in [-0.2, -0.15) is 10.4 Å². The van der Waals surface area contributed by atoms with Crippen molar-refractivity contribution in [3.63, 3.8) is 0 Å². The summed E-state index contributed by atoms with van der Waals surface area (Å²) in [5.74, 6) is -1.30. The van der Waals surface area contributed by atoms with Gasteiger partial charge in [-0.25, -0.2) is 4.98 Å². The number of hydrogen-bond donors (Lipinski definition) is 0. The molecule has 0 aliphatic heterocycles. The van der Waals surface area contributed by atoms with Crippen molar-refractivity contribution in [2.24, 2.45) is 7.05 Å². The smallest absolute Gasteiger partial charge is 0.189 e. The largest absolute Gasteiger partial charge is 0.292 e. The maximum absolute atomic E-state index is 12.4. The second-order valence-electron chi connectivity index (χ2n) is 4.61. The number of Topliss-reactive ketones (excluding diaryl/α,β-unsaturated/α-hetero) is 1. The lowest BCUT2D eigenvalue weighted by Gasteiger charge is -2.06. The summed E-state index contributed by atoms with van der Waals surface area (Å²) in [6.45, 7) is 0. The number of aromatic nitrogens is 4. The zero-order chi connectivity index (χ0) is 14.8. The molecule has 0 radical (unpaired) electrons. The maximum Gasteiger partial charge on any atom is 0.189 e. The minimum Gasteiger partial charge on any atom is -0.292 e. The summed E-state index contributed by atoms with van der Waals surface area (Å²) in [6, 6.07) is 9.33. The molecule has 21 heavy (non-hydrogen) atoms. The first kappa shape index (κ1) is 12.9. The summed E-state index contributed by atoms with van der Waals surface area (Å²) in [5, 5.41) is 13.3. The fourth-order valence-corrected chi connectivity index (χ4v) is 2.08. The Bertz CT molecular complexity index is 862. The second kappa shape index (κ2) is 5.13. The number of para-hydroxylation sites is 2. The number of ketones is 1. The van der Waals surface area contributed by atoms with Crippen LogP contribution in [0.4, 0.5) is 0 Å². The highest BCUT2D eigenvalue weighted by Crippen LogP contribution is 2.20. The Hall–Kier alpha value is -3.07. The molecule has 2 aromatic heterocycles. The topological polar surface area (TPSA) is 84.5 Å². The molecule has 0 fully saturated rings. The third-order valence-electron chi connectivity index (χ3n) is 3.14. The minimum absolute atomic E-state index is 0.324. The Morgan fingerprint density at radius 1 is 1.29 bits per heavy atom. The number of aryl methyl sites for hydroxylation is 1. The van der Waals surface area contributed by atoms with Gasteiger partial charge in [0, 0.05) is 13.2 Å². The Kier molecular flexibility index (Phi) is 3.16. The van der Waals surface area contributed by atoms with Gasteiger partial charge in [-0.1, -0.05) is 12.1 Å². The van der Waals surface area contributed by atoms with Crippen molar-refractivity contribution in [2.75, 3.05) is 0 Å². The van der Waals surface area contributed by atoms with Crippen LogP contribution in [-0.2, 0) is 7.05 Å². The fourth-order valence-electron chi connectivity index (χ4n) is 2.08. The van der Waals surface area contributed by atoms with E-state index in [2.05, 4.69) is 15.1 Å². The van der Waals surface area contributed by atoms with E-state index in [9.17, 15) is 10.1 Å². The Labute approximate surface area is 120 Å². The van der Waals surface area contributed by atoms with Crippen LogP contribution in [-0.4, -0.2) is 25.5 Å². The molecule has 0 spiro atoms. The third kappa shape index (κ3) is 2.37. The summed E-state index contributed by atoms with van der Waals surface area (Å²) in [4.78, 5) is 21.0. The number of nitriles is 1. The van der Waals surface area contributed by atoms with Gasteiger partial charge < -0.3 is 0 Å². The van der Waals surface area contributed by atoms with Gasteiger partial charge in [-0.05, 0) is 12.1 Å². The van der Waals surface area contributed by atoms with Crippen LogP contribution in [0.5, 0.6) is 0 Å². The molecule has 3 rings (SSSR count). The van der Waals surface area contributed by atoms with Crippen molar-refractivity contribution in [2.45, 2.75) is 5.92 Å². The first-order chi connectivity index (χ1) is 10.2. The molecule has 0 amide bonds. The zero-order valence-electron chi connectivity index (χ0n) is 11.3. The molecule has 6 heteroatoms. The second-order valence-corrected chi connectivity index (χ2v) is 4.61. The molecule has 0 unspecified atom stereocenters. The van der Waals surface area contributed by atoms with E-state index in [1.54, 1.807) is 19.3 Å². The quantitative estimate of drug-likeness (QED) is 0.682. The zero-order valence-corrected chi connectivity index (χ0v) is 11.3. The summed E-state index contributed by atoms with van der Waals surface area (Å²) in [5.41, 5.74) is 2.13. The predicted molar refractivity (Wildman–Crippen MR) is 75.4 cm³/mol. The van der Waals surface area contributed by atoms with E-state index in [4.69, 9.17) is 0 Å². The molecule has 6 nitrogen and oxygen atoms in total. The van der Waals surface area contributed by atoms with Crippen molar-refractivity contribution in [3.05, 3.63) is 54.1 Å². The van der Waals surface area contributed by atoms with Gasteiger partial charge in [-0.15, -0.1) is 0 Å². The van der Waals surface area contributed by atoms with E-state index in [1.807, 2.05) is 24.3 Å². The van der Waals surface area contributed by atoms with Gasteiger partial charge in [0.05, 0.1) is 40.8 Å². The van der Waals surface area contributed by atoms with E-state index in [0.29, 0.717) is 16.8 Å². The number of hydrogen-bond acceptors (Lipinski definition) is 5. The van der Waals surface area contributed by atoms with Gasteiger partial charge in [0.25, 0.3) is 0 Å². The minimum atomic E-state index is -0.980. The molecular weight excluding hydrogens is 266 g/mol. The number of fused-ring (bicyclic) bond motifs is 1. The molecule has 0 saturated heterocycles. The van der Waals surface area contributed by atoms with E-state index < -0.39 is 5.92 Å². The van der Waals surface area contributed by atoms with Gasteiger partial charge >= 0.3 is 0 Å². The van der Waals surface area contributed by atoms with Gasteiger partial charge in [0.15, 0.2) is 11.7 Å². The van der Waals surface area contributed by atoms with Crippen LogP contribution in [0.2, 0.25) is 0 Å². The summed E-state index contributed by atoms with van der Waals surface area (Å²) in [7, 11) is 1.72. The van der Waals surface area contributed by atoms with Crippen LogP contribution in [0.15, 0.2) is 42.9 Å². The number of rotatable bonds is 3. The van der Waals surface area contributed by atoms with Gasteiger partial charge in [0.2, 0.25) is 0 Å². The molecule has 1 atom stereocenters. The van der Waals surface area contributed by atoms with Crippen LogP contribution >= 0.6 is 0 Å². The molecule has 102 valence electrons. The predicted octanol–water partition coefficient (Wildman–Crippen LogP) is 1.85. The van der Waals surface area contributed by atoms with E-state index in [0.717, 1.165) is 5.52 Å². The van der Waals surface area contributed by atoms with E-state index in [-0.39, 0.29) is 5.78 Å². The number of benzene rings is 1. The first-order valence-corrected chi connectivity index (χ1v) is 6.33. The number of nitrogens with zero attached hydrogens (tertiary/aromatic N) is 5. The normalized spacial score (nSPS) is 12.0. The maximum atomic E-state index is 12.4. The van der Waals surface area contributed by atoms with Crippen LogP contribution < -0.4 is 0 Å². The van der Waals surface area contributed by atoms with Crippen molar-refractivity contribution in [1.29, 1.82) is 5.26 Å². The molecule has 2 heterocycles. The van der Waals surface area contributed by atoms with Crippen LogP contribution in [0.3, 0.4) is 0 Å². The molecule has 0 saturated carbocycles. The number of carbonyl (C=O) groups is 1. The Morgan fingerprint density at radius 3 is 2.71 bits per heavy atom. The Balaban J connectivity index is 2.02. The lowest BCUT2D eigenvalue weighted by atomic mass is 9.98. The third-order valence-corrected chi connectivity index (χ3v) is 3.14. The molecule has 1 aromatic carbocycles. The fraction of sp³-hybridized carbons (Fsp3) is 0.133. The monoisotopic (exact) mass is 277 g/mol. The standard InChI is InChI=1S/C15H11N5O/c1-20-9-10(7-18-20)15(21)11(6-16)14-8-17-12-4-2-3-5-13(12)19-14/h2-5,7-9,11H,1H3/t11-/m1/s1. The summed E-state index contributed by atoms with van der Waals surface area (Å²) in [6.07, 6.45) is 4.51. The highest BCUT2D eigenvalue weighted by atomic mass is 16.1. The van der Waals surface area contributed by atoms with Crippen molar-refractivity contribution < 1.29 is 4.79 Å². The van der Waals surface area contributed by atoms with Crippen LogP contribution in [0.1, 0.15) is 22.0 Å². The van der Waals surface area contributed by atoms with Crippen molar-refractivity contribution >= 4 is 16.8 Å². The van der Waals surface area contributed by atoms with Crippen molar-refractivity contribution in [1.82, 2.24) is 19.7 Å². The van der Waals surface area contributed by atoms with Gasteiger partial charge in [-0.3, -0.25) is 14.5 Å². The van der Waals surface area contributed by atoms with E-state index >= 15 is 0 Å². The van der Waals surface area contributed by atoms with Crippen LogP contribution in [0, 0.1) is 11.3 Å². The lowest BCUT2D eigenvalue weighted by Crippen LogP contribution is -2.12. The van der Waals surface area contributed by atoms with Gasteiger partial charge in [0.1, 0.15) is 0 Å². The molecule has 0 aliphatic carbocycles. The molecule has 3 aromatic rings.